The van der Waals surface area contributed by atoms with E-state index in [1.165, 1.54) is 6.20 Å². The Kier molecular flexibility index (Phi) is 6.23. The molecule has 0 spiro atoms. The second-order valence-electron chi connectivity index (χ2n) is 5.04. The summed E-state index contributed by atoms with van der Waals surface area (Å²) in [7, 11) is 0. The van der Waals surface area contributed by atoms with Gasteiger partial charge in [0.15, 0.2) is 0 Å². The zero-order valence-corrected chi connectivity index (χ0v) is 13.7. The molecule has 0 aliphatic carbocycles. The Morgan fingerprint density at radius 2 is 2.00 bits per heavy atom. The van der Waals surface area contributed by atoms with Gasteiger partial charge in [-0.2, -0.15) is 5.26 Å². The van der Waals surface area contributed by atoms with Crippen LogP contribution in [0.1, 0.15) is 5.56 Å². The van der Waals surface area contributed by atoms with Gasteiger partial charge in [0.1, 0.15) is 11.6 Å². The van der Waals surface area contributed by atoms with Crippen LogP contribution in [-0.4, -0.2) is 12.5 Å². The normalized spacial score (nSPS) is 10.8. The summed E-state index contributed by atoms with van der Waals surface area (Å²) in [4.78, 5) is 12.0. The lowest BCUT2D eigenvalue weighted by Gasteiger charge is -2.06. The lowest BCUT2D eigenvalue weighted by atomic mass is 10.1. The largest absolute Gasteiger partial charge is 0.398 e. The number of amides is 1. The average molecular weight is 341 g/mol. The molecular weight excluding hydrogens is 324 g/mol. The summed E-state index contributed by atoms with van der Waals surface area (Å²) in [5.74, 6) is -0.428. The highest BCUT2D eigenvalue weighted by Crippen LogP contribution is 2.22. The number of hydrogen-bond donors (Lipinski definition) is 3. The van der Waals surface area contributed by atoms with Crippen LogP contribution in [0.25, 0.3) is 0 Å². The molecule has 0 aliphatic rings. The topological polar surface area (TPSA) is 90.9 Å². The van der Waals surface area contributed by atoms with Crippen molar-refractivity contribution in [3.63, 3.8) is 0 Å². The molecule has 0 atom stereocenters. The lowest BCUT2D eigenvalue weighted by molar-refractivity contribution is -0.117. The van der Waals surface area contributed by atoms with Crippen molar-refractivity contribution < 1.29 is 4.79 Å². The SMILES string of the molecule is N#C/C(=C/Nc1ccc(N)c(Cl)c1)C(=O)NCCc1ccccc1. The first-order chi connectivity index (χ1) is 11.6. The monoisotopic (exact) mass is 340 g/mol. The third-order valence-electron chi connectivity index (χ3n) is 3.29. The Morgan fingerprint density at radius 1 is 1.25 bits per heavy atom. The first-order valence-corrected chi connectivity index (χ1v) is 7.72. The minimum atomic E-state index is -0.428. The number of nitrogens with zero attached hydrogens (tertiary/aromatic N) is 1. The number of nitrogens with two attached hydrogens (primary N) is 1. The number of carbonyl (C=O) groups excluding carboxylic acids is 1. The molecule has 0 aromatic heterocycles. The van der Waals surface area contributed by atoms with Gasteiger partial charge in [-0.25, -0.2) is 0 Å². The molecule has 4 N–H and O–H groups in total. The number of nitriles is 1. The number of anilines is 2. The van der Waals surface area contributed by atoms with Crippen molar-refractivity contribution in [1.82, 2.24) is 5.32 Å². The van der Waals surface area contributed by atoms with Crippen molar-refractivity contribution in [3.8, 4) is 6.07 Å². The highest BCUT2D eigenvalue weighted by molar-refractivity contribution is 6.33. The molecule has 0 bridgehead atoms. The zero-order chi connectivity index (χ0) is 17.4. The van der Waals surface area contributed by atoms with Crippen LogP contribution in [0.15, 0.2) is 60.3 Å². The predicted octanol–water partition coefficient (Wildman–Crippen LogP) is 3.10. The van der Waals surface area contributed by atoms with Crippen LogP contribution in [-0.2, 0) is 11.2 Å². The summed E-state index contributed by atoms with van der Waals surface area (Å²) in [6, 6.07) is 16.6. The Morgan fingerprint density at radius 3 is 2.67 bits per heavy atom. The van der Waals surface area contributed by atoms with Gasteiger partial charge in [0.05, 0.1) is 10.7 Å². The summed E-state index contributed by atoms with van der Waals surface area (Å²) < 4.78 is 0. The van der Waals surface area contributed by atoms with Gasteiger partial charge in [0.25, 0.3) is 5.91 Å². The maximum atomic E-state index is 12.0. The van der Waals surface area contributed by atoms with Gasteiger partial charge in [-0.1, -0.05) is 41.9 Å². The quantitative estimate of drug-likeness (QED) is 0.428. The molecule has 122 valence electrons. The van der Waals surface area contributed by atoms with Gasteiger partial charge in [-0.3, -0.25) is 4.79 Å². The van der Waals surface area contributed by atoms with E-state index < -0.39 is 5.91 Å². The van der Waals surface area contributed by atoms with Crippen molar-refractivity contribution in [2.75, 3.05) is 17.6 Å². The van der Waals surface area contributed by atoms with Gasteiger partial charge in [-0.05, 0) is 30.2 Å². The molecule has 1 amide bonds. The predicted molar refractivity (Wildman–Crippen MR) is 96.3 cm³/mol. The van der Waals surface area contributed by atoms with Crippen LogP contribution in [0.5, 0.6) is 0 Å². The summed E-state index contributed by atoms with van der Waals surface area (Å²) in [6.07, 6.45) is 2.05. The lowest BCUT2D eigenvalue weighted by Crippen LogP contribution is -2.27. The molecule has 0 saturated carbocycles. The Hall–Kier alpha value is -2.97. The fourth-order valence-electron chi connectivity index (χ4n) is 1.98. The first-order valence-electron chi connectivity index (χ1n) is 7.34. The number of rotatable bonds is 6. The standard InChI is InChI=1S/C18H17ClN4O/c19-16-10-15(6-7-17(16)21)23-12-14(11-20)18(24)22-9-8-13-4-2-1-3-5-13/h1-7,10,12,23H,8-9,21H2,(H,22,24)/b14-12-. The van der Waals surface area contributed by atoms with E-state index in [2.05, 4.69) is 10.6 Å². The molecule has 6 heteroatoms. The maximum Gasteiger partial charge on any atom is 0.263 e. The van der Waals surface area contributed by atoms with E-state index in [9.17, 15) is 4.79 Å². The maximum absolute atomic E-state index is 12.0. The third-order valence-corrected chi connectivity index (χ3v) is 3.62. The van der Waals surface area contributed by atoms with Crippen LogP contribution in [0.3, 0.4) is 0 Å². The van der Waals surface area contributed by atoms with Gasteiger partial charge < -0.3 is 16.4 Å². The number of nitrogens with one attached hydrogen (secondary N) is 2. The van der Waals surface area contributed by atoms with Crippen LogP contribution in [0.4, 0.5) is 11.4 Å². The van der Waals surface area contributed by atoms with Crippen molar-refractivity contribution in [3.05, 3.63) is 70.9 Å². The minimum Gasteiger partial charge on any atom is -0.398 e. The van der Waals surface area contributed by atoms with Gasteiger partial charge >= 0.3 is 0 Å². The van der Waals surface area contributed by atoms with Crippen LogP contribution >= 0.6 is 11.6 Å². The Bertz CT molecular complexity index is 781. The first kappa shape index (κ1) is 17.4. The summed E-state index contributed by atoms with van der Waals surface area (Å²) >= 11 is 5.92. The zero-order valence-electron chi connectivity index (χ0n) is 12.9. The molecule has 0 heterocycles. The Balaban J connectivity index is 1.90. The molecule has 0 unspecified atom stereocenters. The molecule has 2 aromatic carbocycles. The highest BCUT2D eigenvalue weighted by Gasteiger charge is 2.08. The number of halogens is 1. The summed E-state index contributed by atoms with van der Waals surface area (Å²) in [5, 5.41) is 15.1. The van der Waals surface area contributed by atoms with E-state index in [1.54, 1.807) is 18.2 Å². The highest BCUT2D eigenvalue weighted by atomic mass is 35.5. The molecule has 0 saturated heterocycles. The summed E-state index contributed by atoms with van der Waals surface area (Å²) in [6.45, 7) is 0.454. The molecule has 5 nitrogen and oxygen atoms in total. The number of carbonyl (C=O) groups is 1. The fourth-order valence-corrected chi connectivity index (χ4v) is 2.16. The fraction of sp³-hybridized carbons (Fsp3) is 0.111. The molecule has 0 radical (unpaired) electrons. The Labute approximate surface area is 145 Å². The minimum absolute atomic E-state index is 0.0176. The van der Waals surface area contributed by atoms with E-state index in [1.807, 2.05) is 36.4 Å². The van der Waals surface area contributed by atoms with Crippen LogP contribution in [0, 0.1) is 11.3 Å². The molecule has 2 rings (SSSR count). The van der Waals surface area contributed by atoms with E-state index in [4.69, 9.17) is 22.6 Å². The van der Waals surface area contributed by atoms with Crippen molar-refractivity contribution in [2.45, 2.75) is 6.42 Å². The van der Waals surface area contributed by atoms with Crippen molar-refractivity contribution in [2.24, 2.45) is 0 Å². The van der Waals surface area contributed by atoms with Gasteiger partial charge in [-0.15, -0.1) is 0 Å². The molecule has 0 aliphatic heterocycles. The molecule has 2 aromatic rings. The number of hydrogen-bond acceptors (Lipinski definition) is 4. The number of benzene rings is 2. The van der Waals surface area contributed by atoms with E-state index in [0.29, 0.717) is 29.4 Å². The van der Waals surface area contributed by atoms with Crippen molar-refractivity contribution >= 4 is 28.9 Å². The molecular formula is C18H17ClN4O. The van der Waals surface area contributed by atoms with Crippen LogP contribution in [0.2, 0.25) is 5.02 Å². The van der Waals surface area contributed by atoms with Crippen molar-refractivity contribution in [1.29, 1.82) is 5.26 Å². The third kappa shape index (κ3) is 5.04. The van der Waals surface area contributed by atoms with E-state index >= 15 is 0 Å². The summed E-state index contributed by atoms with van der Waals surface area (Å²) in [5.41, 5.74) is 7.83. The number of nitrogen functional groups attached to an aromatic ring is 1. The molecule has 0 fully saturated rings. The molecule has 24 heavy (non-hydrogen) atoms. The van der Waals surface area contributed by atoms with Gasteiger partial charge in [0, 0.05) is 18.4 Å². The van der Waals surface area contributed by atoms with Crippen LogP contribution < -0.4 is 16.4 Å². The van der Waals surface area contributed by atoms with Gasteiger partial charge in [0.2, 0.25) is 0 Å². The second-order valence-corrected chi connectivity index (χ2v) is 5.45. The second kappa shape index (κ2) is 8.61. The smallest absolute Gasteiger partial charge is 0.263 e. The van der Waals surface area contributed by atoms with E-state index in [-0.39, 0.29) is 5.57 Å². The van der Waals surface area contributed by atoms with E-state index in [0.717, 1.165) is 5.56 Å². The average Bonchev–Trinajstić information content (AvgIpc) is 2.59.